The molecular weight excluding hydrogens is 374 g/mol. The van der Waals surface area contributed by atoms with Gasteiger partial charge in [-0.25, -0.2) is 4.79 Å². The van der Waals surface area contributed by atoms with Gasteiger partial charge < -0.3 is 24.3 Å². The van der Waals surface area contributed by atoms with Gasteiger partial charge in [-0.05, 0) is 55.0 Å². The Balaban J connectivity index is 1.69. The van der Waals surface area contributed by atoms with Crippen LogP contribution in [0, 0.1) is 6.92 Å². The van der Waals surface area contributed by atoms with Crippen LogP contribution in [-0.4, -0.2) is 31.2 Å². The Bertz CT molecular complexity index is 1010. The molecular formula is C22H21NO6. The number of ether oxygens (including phenoxy) is 2. The van der Waals surface area contributed by atoms with E-state index in [2.05, 4.69) is 5.32 Å². The van der Waals surface area contributed by atoms with Gasteiger partial charge in [0.2, 0.25) is 5.91 Å². The largest absolute Gasteiger partial charge is 0.497 e. The van der Waals surface area contributed by atoms with Crippen LogP contribution in [0.5, 0.6) is 11.5 Å². The number of rotatable bonds is 7. The Morgan fingerprint density at radius 3 is 2.14 bits per heavy atom. The van der Waals surface area contributed by atoms with Crippen LogP contribution in [-0.2, 0) is 11.2 Å². The van der Waals surface area contributed by atoms with E-state index in [1.54, 1.807) is 63.6 Å². The molecule has 1 heterocycles. The van der Waals surface area contributed by atoms with E-state index >= 15 is 0 Å². The highest BCUT2D eigenvalue weighted by Gasteiger charge is 2.15. The van der Waals surface area contributed by atoms with Crippen molar-refractivity contribution in [2.45, 2.75) is 13.3 Å². The standard InChI is InChI=1S/C22H21NO6/c1-13-19(22(25)26)12-20(29-13)15-4-6-16(7-5-15)23-21(24)10-14-8-17(27-2)11-18(9-14)28-3/h4-9,11-12H,10H2,1-3H3,(H,23,24)(H,25,26). The van der Waals surface area contributed by atoms with Gasteiger partial charge in [-0.15, -0.1) is 0 Å². The van der Waals surface area contributed by atoms with Crippen molar-refractivity contribution < 1.29 is 28.6 Å². The van der Waals surface area contributed by atoms with Crippen molar-refractivity contribution in [3.63, 3.8) is 0 Å². The summed E-state index contributed by atoms with van der Waals surface area (Å²) < 4.78 is 16.0. The van der Waals surface area contributed by atoms with Crippen molar-refractivity contribution in [2.75, 3.05) is 19.5 Å². The summed E-state index contributed by atoms with van der Waals surface area (Å²) in [6.07, 6.45) is 0.161. The second-order valence-corrected chi connectivity index (χ2v) is 6.41. The molecule has 0 bridgehead atoms. The second kappa shape index (κ2) is 8.52. The Labute approximate surface area is 167 Å². The molecule has 29 heavy (non-hydrogen) atoms. The van der Waals surface area contributed by atoms with E-state index in [0.717, 1.165) is 11.1 Å². The monoisotopic (exact) mass is 395 g/mol. The average molecular weight is 395 g/mol. The smallest absolute Gasteiger partial charge is 0.339 e. The number of nitrogens with one attached hydrogen (secondary N) is 1. The third-order valence-corrected chi connectivity index (χ3v) is 4.38. The van der Waals surface area contributed by atoms with E-state index in [1.165, 1.54) is 6.07 Å². The van der Waals surface area contributed by atoms with Gasteiger partial charge in [-0.1, -0.05) is 0 Å². The van der Waals surface area contributed by atoms with Crippen LogP contribution in [0.1, 0.15) is 21.7 Å². The number of benzene rings is 2. The van der Waals surface area contributed by atoms with E-state index in [4.69, 9.17) is 19.0 Å². The summed E-state index contributed by atoms with van der Waals surface area (Å²) in [6.45, 7) is 1.61. The van der Waals surface area contributed by atoms with Crippen molar-refractivity contribution in [3.05, 3.63) is 65.4 Å². The quantitative estimate of drug-likeness (QED) is 0.624. The van der Waals surface area contributed by atoms with Gasteiger partial charge in [0.05, 0.1) is 20.6 Å². The number of aromatic carboxylic acids is 1. The Morgan fingerprint density at radius 2 is 1.62 bits per heavy atom. The minimum atomic E-state index is -1.03. The zero-order valence-corrected chi connectivity index (χ0v) is 16.3. The van der Waals surface area contributed by atoms with Gasteiger partial charge in [0.25, 0.3) is 0 Å². The molecule has 150 valence electrons. The molecule has 0 atom stereocenters. The number of hydrogen-bond acceptors (Lipinski definition) is 5. The van der Waals surface area contributed by atoms with Crippen molar-refractivity contribution in [3.8, 4) is 22.8 Å². The van der Waals surface area contributed by atoms with Crippen LogP contribution in [0.3, 0.4) is 0 Å². The zero-order chi connectivity index (χ0) is 21.0. The van der Waals surface area contributed by atoms with E-state index in [9.17, 15) is 9.59 Å². The summed E-state index contributed by atoms with van der Waals surface area (Å²) in [7, 11) is 3.11. The molecule has 1 aromatic heterocycles. The number of hydrogen-bond donors (Lipinski definition) is 2. The molecule has 0 aliphatic carbocycles. The first kappa shape index (κ1) is 20.0. The number of anilines is 1. The number of carbonyl (C=O) groups excluding carboxylic acids is 1. The van der Waals surface area contributed by atoms with Crippen LogP contribution in [0.25, 0.3) is 11.3 Å². The lowest BCUT2D eigenvalue weighted by Gasteiger charge is -2.09. The Kier molecular flexibility index (Phi) is 5.87. The summed E-state index contributed by atoms with van der Waals surface area (Å²) in [5.74, 6) is 0.822. The van der Waals surface area contributed by atoms with Crippen LogP contribution in [0.15, 0.2) is 52.9 Å². The number of carboxylic acids is 1. The number of carboxylic acid groups (broad SMARTS) is 1. The topological polar surface area (TPSA) is 98.0 Å². The minimum Gasteiger partial charge on any atom is -0.497 e. The number of amides is 1. The first-order chi connectivity index (χ1) is 13.9. The van der Waals surface area contributed by atoms with Gasteiger partial charge >= 0.3 is 5.97 Å². The summed E-state index contributed by atoms with van der Waals surface area (Å²) in [4.78, 5) is 23.5. The lowest BCUT2D eigenvalue weighted by atomic mass is 10.1. The molecule has 0 unspecified atom stereocenters. The lowest BCUT2D eigenvalue weighted by Crippen LogP contribution is -2.14. The molecule has 0 aliphatic rings. The molecule has 0 fully saturated rings. The maximum atomic E-state index is 12.4. The van der Waals surface area contributed by atoms with Gasteiger partial charge in [0.15, 0.2) is 0 Å². The van der Waals surface area contributed by atoms with E-state index in [0.29, 0.717) is 28.7 Å². The first-order valence-corrected chi connectivity index (χ1v) is 8.85. The summed E-state index contributed by atoms with van der Waals surface area (Å²) in [6, 6.07) is 13.8. The molecule has 0 aliphatic heterocycles. The fraction of sp³-hybridized carbons (Fsp3) is 0.182. The van der Waals surface area contributed by atoms with Gasteiger partial charge in [0, 0.05) is 17.3 Å². The van der Waals surface area contributed by atoms with Crippen LogP contribution >= 0.6 is 0 Å². The summed E-state index contributed by atoms with van der Waals surface area (Å²) >= 11 is 0. The van der Waals surface area contributed by atoms with Crippen molar-refractivity contribution in [1.29, 1.82) is 0 Å². The summed E-state index contributed by atoms with van der Waals surface area (Å²) in [5, 5.41) is 12.0. The molecule has 0 radical (unpaired) electrons. The number of furan rings is 1. The predicted molar refractivity (Wildman–Crippen MR) is 108 cm³/mol. The van der Waals surface area contributed by atoms with Crippen LogP contribution in [0.4, 0.5) is 5.69 Å². The first-order valence-electron chi connectivity index (χ1n) is 8.85. The highest BCUT2D eigenvalue weighted by molar-refractivity contribution is 5.93. The Morgan fingerprint density at radius 1 is 1.00 bits per heavy atom. The molecule has 0 saturated carbocycles. The number of methoxy groups -OCH3 is 2. The van der Waals surface area contributed by atoms with Crippen molar-refractivity contribution in [2.24, 2.45) is 0 Å². The molecule has 3 aromatic rings. The second-order valence-electron chi connectivity index (χ2n) is 6.41. The predicted octanol–water partition coefficient (Wildman–Crippen LogP) is 4.15. The maximum absolute atomic E-state index is 12.4. The number of aryl methyl sites for hydroxylation is 1. The highest BCUT2D eigenvalue weighted by Crippen LogP contribution is 2.27. The molecule has 1 amide bonds. The molecule has 2 N–H and O–H groups in total. The Hall–Kier alpha value is -3.74. The number of carbonyl (C=O) groups is 2. The SMILES string of the molecule is COc1cc(CC(=O)Nc2ccc(-c3cc(C(=O)O)c(C)o3)cc2)cc(OC)c1. The molecule has 3 rings (SSSR count). The van der Waals surface area contributed by atoms with Gasteiger partial charge in [0.1, 0.15) is 28.6 Å². The highest BCUT2D eigenvalue weighted by atomic mass is 16.5. The molecule has 7 heteroatoms. The van der Waals surface area contributed by atoms with Crippen LogP contribution in [0.2, 0.25) is 0 Å². The third-order valence-electron chi connectivity index (χ3n) is 4.38. The van der Waals surface area contributed by atoms with E-state index < -0.39 is 5.97 Å². The fourth-order valence-electron chi connectivity index (χ4n) is 2.91. The lowest BCUT2D eigenvalue weighted by molar-refractivity contribution is -0.115. The maximum Gasteiger partial charge on any atom is 0.339 e. The van der Waals surface area contributed by atoms with Crippen molar-refractivity contribution in [1.82, 2.24) is 0 Å². The van der Waals surface area contributed by atoms with E-state index in [1.807, 2.05) is 0 Å². The zero-order valence-electron chi connectivity index (χ0n) is 16.3. The third kappa shape index (κ3) is 4.76. The minimum absolute atomic E-state index is 0.131. The van der Waals surface area contributed by atoms with E-state index in [-0.39, 0.29) is 17.9 Å². The van der Waals surface area contributed by atoms with Gasteiger partial charge in [-0.2, -0.15) is 0 Å². The molecule has 7 nitrogen and oxygen atoms in total. The fourth-order valence-corrected chi connectivity index (χ4v) is 2.91. The molecule has 0 saturated heterocycles. The average Bonchev–Trinajstić information content (AvgIpc) is 3.10. The summed E-state index contributed by atoms with van der Waals surface area (Å²) in [5.41, 5.74) is 2.24. The normalized spacial score (nSPS) is 10.4. The van der Waals surface area contributed by atoms with Crippen molar-refractivity contribution >= 4 is 17.6 Å². The molecule has 0 spiro atoms. The van der Waals surface area contributed by atoms with Gasteiger partial charge in [-0.3, -0.25) is 4.79 Å². The molecule has 2 aromatic carbocycles. The van der Waals surface area contributed by atoms with Crippen LogP contribution < -0.4 is 14.8 Å².